The fourth-order valence-electron chi connectivity index (χ4n) is 1.60. The van der Waals surface area contributed by atoms with Gasteiger partial charge in [-0.2, -0.15) is 18.2 Å². The van der Waals surface area contributed by atoms with Crippen LogP contribution in [-0.2, 0) is 11.0 Å². The van der Waals surface area contributed by atoms with E-state index in [-0.39, 0.29) is 17.1 Å². The Balaban J connectivity index is 2.51. The molecule has 1 aromatic carbocycles. The van der Waals surface area contributed by atoms with Crippen molar-refractivity contribution in [3.05, 3.63) is 29.6 Å². The molecule has 1 amide bonds. The molecule has 0 aliphatic carbocycles. The number of carbonyl (C=O) groups is 1. The Morgan fingerprint density at radius 2 is 2.14 bits per heavy atom. The van der Waals surface area contributed by atoms with E-state index in [1.807, 2.05) is 0 Å². The van der Waals surface area contributed by atoms with Crippen LogP contribution in [0.25, 0.3) is 11.5 Å². The normalized spacial score (nSPS) is 11.5. The molecule has 2 rings (SSSR count). The molecule has 0 aliphatic rings. The molecule has 0 bridgehead atoms. The number of nitrogens with zero attached hydrogens (tertiary/aromatic N) is 2. The molecule has 0 unspecified atom stereocenters. The molecule has 1 N–H and O–H groups in total. The molecular formula is C12H9ClF3N3O2. The topological polar surface area (TPSA) is 68.0 Å². The molecule has 0 aliphatic heterocycles. The third-order valence-corrected chi connectivity index (χ3v) is 2.74. The highest BCUT2D eigenvalue weighted by Gasteiger charge is 2.31. The molecule has 0 fully saturated rings. The number of benzene rings is 1. The highest BCUT2D eigenvalue weighted by molar-refractivity contribution is 6.29. The van der Waals surface area contributed by atoms with E-state index in [0.29, 0.717) is 5.82 Å². The third-order valence-electron chi connectivity index (χ3n) is 2.50. The first-order valence-corrected chi connectivity index (χ1v) is 6.22. The molecule has 0 spiro atoms. The Kier molecular flexibility index (Phi) is 4.17. The predicted octanol–water partition coefficient (Wildman–Crippen LogP) is 3.24. The SMILES string of the molecule is Cc1noc(-c2ccc(C(F)(F)F)cc2NC(=O)CCl)n1. The average molecular weight is 320 g/mol. The fourth-order valence-corrected chi connectivity index (χ4v) is 1.67. The summed E-state index contributed by atoms with van der Waals surface area (Å²) in [6.45, 7) is 1.56. The number of aromatic nitrogens is 2. The zero-order valence-corrected chi connectivity index (χ0v) is 11.4. The minimum Gasteiger partial charge on any atom is -0.334 e. The van der Waals surface area contributed by atoms with Crippen LogP contribution in [0.15, 0.2) is 22.7 Å². The van der Waals surface area contributed by atoms with Crippen molar-refractivity contribution in [2.45, 2.75) is 13.1 Å². The van der Waals surface area contributed by atoms with Crippen LogP contribution in [-0.4, -0.2) is 21.9 Å². The van der Waals surface area contributed by atoms with Crippen LogP contribution in [0.5, 0.6) is 0 Å². The lowest BCUT2D eigenvalue weighted by atomic mass is 10.1. The molecule has 0 saturated heterocycles. The molecule has 112 valence electrons. The standard InChI is InChI=1S/C12H9ClF3N3O2/c1-6-17-11(21-19-6)8-3-2-7(12(14,15)16)4-9(8)18-10(20)5-13/h2-4H,5H2,1H3,(H,18,20). The van der Waals surface area contributed by atoms with Crippen molar-refractivity contribution in [3.8, 4) is 11.5 Å². The van der Waals surface area contributed by atoms with E-state index in [0.717, 1.165) is 18.2 Å². The zero-order chi connectivity index (χ0) is 15.6. The summed E-state index contributed by atoms with van der Waals surface area (Å²) in [5.41, 5.74) is -0.825. The van der Waals surface area contributed by atoms with Crippen molar-refractivity contribution < 1.29 is 22.5 Å². The van der Waals surface area contributed by atoms with Gasteiger partial charge in [-0.1, -0.05) is 5.16 Å². The number of amides is 1. The number of rotatable bonds is 3. The molecular weight excluding hydrogens is 311 g/mol. The van der Waals surface area contributed by atoms with E-state index in [9.17, 15) is 18.0 Å². The second-order valence-corrected chi connectivity index (χ2v) is 4.35. The Bertz CT molecular complexity index is 670. The summed E-state index contributed by atoms with van der Waals surface area (Å²) in [7, 11) is 0. The van der Waals surface area contributed by atoms with Gasteiger partial charge >= 0.3 is 6.18 Å². The van der Waals surface area contributed by atoms with E-state index in [1.54, 1.807) is 6.92 Å². The summed E-state index contributed by atoms with van der Waals surface area (Å²) in [6, 6.07) is 2.81. The van der Waals surface area contributed by atoms with Crippen LogP contribution in [0.4, 0.5) is 18.9 Å². The van der Waals surface area contributed by atoms with Gasteiger partial charge in [0.1, 0.15) is 5.88 Å². The zero-order valence-electron chi connectivity index (χ0n) is 10.7. The maximum absolute atomic E-state index is 12.7. The van der Waals surface area contributed by atoms with E-state index in [2.05, 4.69) is 15.5 Å². The van der Waals surface area contributed by atoms with Crippen LogP contribution in [0.1, 0.15) is 11.4 Å². The molecule has 5 nitrogen and oxygen atoms in total. The summed E-state index contributed by atoms with van der Waals surface area (Å²) in [6.07, 6.45) is -4.54. The van der Waals surface area contributed by atoms with E-state index in [1.165, 1.54) is 0 Å². The second-order valence-electron chi connectivity index (χ2n) is 4.09. The van der Waals surface area contributed by atoms with Crippen LogP contribution in [0.3, 0.4) is 0 Å². The van der Waals surface area contributed by atoms with Gasteiger partial charge in [0.05, 0.1) is 16.8 Å². The van der Waals surface area contributed by atoms with E-state index < -0.39 is 23.5 Å². The molecule has 21 heavy (non-hydrogen) atoms. The van der Waals surface area contributed by atoms with Crippen molar-refractivity contribution in [2.75, 3.05) is 11.2 Å². The Hall–Kier alpha value is -2.09. The number of halogens is 4. The van der Waals surface area contributed by atoms with Crippen LogP contribution >= 0.6 is 11.6 Å². The Labute approximate surface area is 122 Å². The first-order chi connectivity index (χ1) is 9.81. The molecule has 1 aromatic heterocycles. The van der Waals surface area contributed by atoms with Gasteiger partial charge in [0.25, 0.3) is 5.89 Å². The minimum atomic E-state index is -4.54. The van der Waals surface area contributed by atoms with Gasteiger partial charge in [0, 0.05) is 0 Å². The third kappa shape index (κ3) is 3.52. The number of nitrogens with one attached hydrogen (secondary N) is 1. The number of hydrogen-bond acceptors (Lipinski definition) is 4. The maximum atomic E-state index is 12.7. The van der Waals surface area contributed by atoms with Crippen molar-refractivity contribution >= 4 is 23.2 Å². The van der Waals surface area contributed by atoms with Crippen LogP contribution < -0.4 is 5.32 Å². The van der Waals surface area contributed by atoms with Gasteiger partial charge in [0.2, 0.25) is 5.91 Å². The molecule has 9 heteroatoms. The summed E-state index contributed by atoms with van der Waals surface area (Å²) >= 11 is 5.35. The lowest BCUT2D eigenvalue weighted by Gasteiger charge is -2.12. The molecule has 0 atom stereocenters. The van der Waals surface area contributed by atoms with Crippen molar-refractivity contribution in [3.63, 3.8) is 0 Å². The Morgan fingerprint density at radius 3 is 2.67 bits per heavy atom. The number of hydrogen-bond donors (Lipinski definition) is 1. The number of aryl methyl sites for hydroxylation is 1. The predicted molar refractivity (Wildman–Crippen MR) is 68.8 cm³/mol. The van der Waals surface area contributed by atoms with Gasteiger partial charge < -0.3 is 9.84 Å². The lowest BCUT2D eigenvalue weighted by Crippen LogP contribution is -2.14. The molecule has 0 radical (unpaired) electrons. The van der Waals surface area contributed by atoms with Crippen molar-refractivity contribution in [2.24, 2.45) is 0 Å². The fraction of sp³-hybridized carbons (Fsp3) is 0.250. The number of anilines is 1. The molecule has 2 aromatic rings. The molecule has 1 heterocycles. The first kappa shape index (κ1) is 15.3. The lowest BCUT2D eigenvalue weighted by molar-refractivity contribution is -0.137. The summed E-state index contributed by atoms with van der Waals surface area (Å²) in [5.74, 6) is -0.711. The monoisotopic (exact) mass is 319 g/mol. The van der Waals surface area contributed by atoms with Gasteiger partial charge in [-0.15, -0.1) is 11.6 Å². The summed E-state index contributed by atoms with van der Waals surface area (Å²) in [4.78, 5) is 15.3. The minimum absolute atomic E-state index is 0.00565. The Morgan fingerprint density at radius 1 is 1.43 bits per heavy atom. The van der Waals surface area contributed by atoms with E-state index in [4.69, 9.17) is 16.1 Å². The highest BCUT2D eigenvalue weighted by atomic mass is 35.5. The highest BCUT2D eigenvalue weighted by Crippen LogP contribution is 2.35. The number of carbonyl (C=O) groups excluding carboxylic acids is 1. The summed E-state index contributed by atoms with van der Waals surface area (Å²) in [5, 5.41) is 5.84. The summed E-state index contributed by atoms with van der Waals surface area (Å²) < 4.78 is 43.1. The van der Waals surface area contributed by atoms with E-state index >= 15 is 0 Å². The number of alkyl halides is 4. The van der Waals surface area contributed by atoms with Gasteiger partial charge in [-0.3, -0.25) is 4.79 Å². The average Bonchev–Trinajstić information content (AvgIpc) is 2.84. The van der Waals surface area contributed by atoms with Crippen LogP contribution in [0.2, 0.25) is 0 Å². The van der Waals surface area contributed by atoms with Gasteiger partial charge in [-0.25, -0.2) is 0 Å². The van der Waals surface area contributed by atoms with Gasteiger partial charge in [-0.05, 0) is 25.1 Å². The molecule has 0 saturated carbocycles. The largest absolute Gasteiger partial charge is 0.416 e. The van der Waals surface area contributed by atoms with Crippen molar-refractivity contribution in [1.82, 2.24) is 10.1 Å². The van der Waals surface area contributed by atoms with Gasteiger partial charge in [0.15, 0.2) is 5.82 Å². The van der Waals surface area contributed by atoms with Crippen LogP contribution in [0, 0.1) is 6.92 Å². The first-order valence-electron chi connectivity index (χ1n) is 5.69. The smallest absolute Gasteiger partial charge is 0.334 e. The maximum Gasteiger partial charge on any atom is 0.416 e. The second kappa shape index (κ2) is 5.72. The van der Waals surface area contributed by atoms with Crippen molar-refractivity contribution in [1.29, 1.82) is 0 Å². The quantitative estimate of drug-likeness (QED) is 0.882.